The molecule has 0 amide bonds. The number of piperidine rings is 1. The van der Waals surface area contributed by atoms with Crippen molar-refractivity contribution < 1.29 is 9.84 Å². The minimum atomic E-state index is 0.162. The Balaban J connectivity index is 1.73. The third-order valence-electron chi connectivity index (χ3n) is 4.22. The standard InChI is InChI=1S/C13H22N4O2S/c18-6-4-16-3-1-2-13(8-16)9-17(5-7-19-10-13)12-15-14-11-20-12/h11,18H,1-10H2. The zero-order chi connectivity index (χ0) is 13.8. The van der Waals surface area contributed by atoms with Gasteiger partial charge in [0.15, 0.2) is 0 Å². The summed E-state index contributed by atoms with van der Waals surface area (Å²) in [6.07, 6.45) is 2.36. The second kappa shape index (κ2) is 6.34. The van der Waals surface area contributed by atoms with Gasteiger partial charge in [-0.05, 0) is 19.4 Å². The Labute approximate surface area is 123 Å². The van der Waals surface area contributed by atoms with Crippen LogP contribution in [0.5, 0.6) is 0 Å². The molecule has 1 unspecified atom stereocenters. The highest BCUT2D eigenvalue weighted by molar-refractivity contribution is 7.13. The van der Waals surface area contributed by atoms with Crippen LogP contribution in [0, 0.1) is 5.41 Å². The Hall–Kier alpha value is -0.760. The zero-order valence-electron chi connectivity index (χ0n) is 11.7. The fourth-order valence-electron chi connectivity index (χ4n) is 3.35. The molecule has 1 aromatic rings. The van der Waals surface area contributed by atoms with Crippen molar-refractivity contribution in [3.8, 4) is 0 Å². The molecule has 112 valence electrons. The number of aliphatic hydroxyl groups is 1. The van der Waals surface area contributed by atoms with Gasteiger partial charge < -0.3 is 19.6 Å². The molecule has 6 nitrogen and oxygen atoms in total. The number of hydrogen-bond acceptors (Lipinski definition) is 7. The van der Waals surface area contributed by atoms with Crippen LogP contribution in [-0.2, 0) is 4.74 Å². The molecule has 2 fully saturated rings. The maximum atomic E-state index is 9.16. The number of anilines is 1. The summed E-state index contributed by atoms with van der Waals surface area (Å²) in [5, 5.41) is 18.3. The van der Waals surface area contributed by atoms with Crippen LogP contribution in [0.15, 0.2) is 5.51 Å². The molecule has 0 aromatic carbocycles. The van der Waals surface area contributed by atoms with Crippen molar-refractivity contribution >= 4 is 16.5 Å². The van der Waals surface area contributed by atoms with Gasteiger partial charge in [-0.2, -0.15) is 0 Å². The largest absolute Gasteiger partial charge is 0.395 e. The van der Waals surface area contributed by atoms with E-state index in [2.05, 4.69) is 20.0 Å². The highest BCUT2D eigenvalue weighted by Crippen LogP contribution is 2.34. The van der Waals surface area contributed by atoms with Crippen LogP contribution in [0.25, 0.3) is 0 Å². The second-order valence-corrected chi connectivity index (χ2v) is 6.61. The smallest absolute Gasteiger partial charge is 0.208 e. The van der Waals surface area contributed by atoms with Gasteiger partial charge in [-0.3, -0.25) is 0 Å². The molecule has 0 saturated carbocycles. The summed E-state index contributed by atoms with van der Waals surface area (Å²) >= 11 is 1.59. The molecule has 20 heavy (non-hydrogen) atoms. The topological polar surface area (TPSA) is 61.7 Å². The minimum absolute atomic E-state index is 0.162. The van der Waals surface area contributed by atoms with Crippen molar-refractivity contribution in [3.63, 3.8) is 0 Å². The summed E-state index contributed by atoms with van der Waals surface area (Å²) in [5.74, 6) is 0. The molecule has 7 heteroatoms. The molecule has 1 spiro atoms. The number of likely N-dealkylation sites (tertiary alicyclic amines) is 1. The monoisotopic (exact) mass is 298 g/mol. The van der Waals surface area contributed by atoms with Crippen LogP contribution in [0.2, 0.25) is 0 Å². The van der Waals surface area contributed by atoms with E-state index in [-0.39, 0.29) is 12.0 Å². The van der Waals surface area contributed by atoms with Gasteiger partial charge >= 0.3 is 0 Å². The van der Waals surface area contributed by atoms with Crippen LogP contribution in [-0.4, -0.2) is 72.7 Å². The highest BCUT2D eigenvalue weighted by Gasteiger charge is 2.39. The number of aliphatic hydroxyl groups excluding tert-OH is 1. The van der Waals surface area contributed by atoms with Crippen LogP contribution >= 0.6 is 11.3 Å². The number of β-amino-alcohol motifs (C(OH)–C–C–N with tert-alkyl or cyclic N) is 1. The zero-order valence-corrected chi connectivity index (χ0v) is 12.5. The van der Waals surface area contributed by atoms with Crippen LogP contribution in [0.3, 0.4) is 0 Å². The van der Waals surface area contributed by atoms with Gasteiger partial charge in [0.1, 0.15) is 5.51 Å². The second-order valence-electron chi connectivity index (χ2n) is 5.80. The molecule has 1 N–H and O–H groups in total. The molecule has 1 aromatic heterocycles. The summed E-state index contributed by atoms with van der Waals surface area (Å²) < 4.78 is 5.87. The number of nitrogens with zero attached hydrogens (tertiary/aromatic N) is 4. The maximum Gasteiger partial charge on any atom is 0.208 e. The van der Waals surface area contributed by atoms with E-state index >= 15 is 0 Å². The Morgan fingerprint density at radius 3 is 3.15 bits per heavy atom. The van der Waals surface area contributed by atoms with E-state index < -0.39 is 0 Å². The number of aromatic nitrogens is 2. The lowest BCUT2D eigenvalue weighted by Crippen LogP contribution is -2.51. The Morgan fingerprint density at radius 2 is 2.35 bits per heavy atom. The molecular weight excluding hydrogens is 276 g/mol. The Morgan fingerprint density at radius 1 is 1.40 bits per heavy atom. The lowest BCUT2D eigenvalue weighted by Gasteiger charge is -2.43. The molecular formula is C13H22N4O2S. The maximum absolute atomic E-state index is 9.16. The van der Waals surface area contributed by atoms with Crippen molar-refractivity contribution in [3.05, 3.63) is 5.51 Å². The van der Waals surface area contributed by atoms with Crippen molar-refractivity contribution in [1.29, 1.82) is 0 Å². The average molecular weight is 298 g/mol. The molecule has 0 aliphatic carbocycles. The van der Waals surface area contributed by atoms with Crippen molar-refractivity contribution in [2.75, 3.05) is 57.4 Å². The predicted molar refractivity (Wildman–Crippen MR) is 78.1 cm³/mol. The minimum Gasteiger partial charge on any atom is -0.395 e. The van der Waals surface area contributed by atoms with E-state index in [4.69, 9.17) is 9.84 Å². The number of rotatable bonds is 3. The van der Waals surface area contributed by atoms with Crippen LogP contribution in [0.1, 0.15) is 12.8 Å². The fourth-order valence-corrected chi connectivity index (χ4v) is 3.94. The number of hydrogen-bond donors (Lipinski definition) is 1. The van der Waals surface area contributed by atoms with Gasteiger partial charge in [-0.15, -0.1) is 10.2 Å². The Kier molecular flexibility index (Phi) is 4.50. The number of ether oxygens (including phenoxy) is 1. The van der Waals surface area contributed by atoms with Gasteiger partial charge in [-0.1, -0.05) is 11.3 Å². The molecule has 2 aliphatic rings. The van der Waals surface area contributed by atoms with Gasteiger partial charge in [0, 0.05) is 31.6 Å². The van der Waals surface area contributed by atoms with E-state index in [0.29, 0.717) is 0 Å². The SMILES string of the molecule is OCCN1CCCC2(COCCN(c3nncs3)C2)C1. The lowest BCUT2D eigenvalue weighted by atomic mass is 9.80. The predicted octanol–water partition coefficient (Wildman–Crippen LogP) is 0.449. The first kappa shape index (κ1) is 14.2. The fraction of sp³-hybridized carbons (Fsp3) is 0.846. The van der Waals surface area contributed by atoms with Crippen molar-refractivity contribution in [2.24, 2.45) is 5.41 Å². The first-order valence-electron chi connectivity index (χ1n) is 7.23. The molecule has 2 saturated heterocycles. The third kappa shape index (κ3) is 3.11. The molecule has 0 radical (unpaired) electrons. The molecule has 3 heterocycles. The van der Waals surface area contributed by atoms with Crippen LogP contribution < -0.4 is 4.90 Å². The quantitative estimate of drug-likeness (QED) is 0.874. The van der Waals surface area contributed by atoms with Gasteiger partial charge in [0.25, 0.3) is 0 Å². The summed E-state index contributed by atoms with van der Waals surface area (Å²) in [6, 6.07) is 0. The third-order valence-corrected chi connectivity index (χ3v) is 4.97. The van der Waals surface area contributed by atoms with Crippen molar-refractivity contribution in [2.45, 2.75) is 12.8 Å². The van der Waals surface area contributed by atoms with E-state index in [1.807, 2.05) is 0 Å². The first-order chi connectivity index (χ1) is 9.81. The molecule has 3 rings (SSSR count). The van der Waals surface area contributed by atoms with E-state index in [0.717, 1.165) is 51.1 Å². The summed E-state index contributed by atoms with van der Waals surface area (Å²) in [4.78, 5) is 4.67. The summed E-state index contributed by atoms with van der Waals surface area (Å²) in [6.45, 7) is 6.51. The molecule has 2 aliphatic heterocycles. The molecule has 1 atom stereocenters. The lowest BCUT2D eigenvalue weighted by molar-refractivity contribution is 0.00883. The van der Waals surface area contributed by atoms with Crippen molar-refractivity contribution in [1.82, 2.24) is 15.1 Å². The normalized spacial score (nSPS) is 28.8. The summed E-state index contributed by atoms with van der Waals surface area (Å²) in [5.41, 5.74) is 1.95. The van der Waals surface area contributed by atoms with E-state index in [9.17, 15) is 0 Å². The van der Waals surface area contributed by atoms with E-state index in [1.54, 1.807) is 16.8 Å². The first-order valence-corrected chi connectivity index (χ1v) is 8.11. The van der Waals surface area contributed by atoms with Gasteiger partial charge in [0.2, 0.25) is 5.13 Å². The van der Waals surface area contributed by atoms with Gasteiger partial charge in [-0.25, -0.2) is 0 Å². The van der Waals surface area contributed by atoms with Gasteiger partial charge in [0.05, 0.1) is 19.8 Å². The van der Waals surface area contributed by atoms with Crippen LogP contribution in [0.4, 0.5) is 5.13 Å². The average Bonchev–Trinajstić information content (AvgIpc) is 2.90. The van der Waals surface area contributed by atoms with E-state index in [1.165, 1.54) is 12.8 Å². The summed E-state index contributed by atoms with van der Waals surface area (Å²) in [7, 11) is 0. The molecule has 0 bridgehead atoms. The Bertz CT molecular complexity index is 415. The highest BCUT2D eigenvalue weighted by atomic mass is 32.1.